The molecule has 2 rings (SSSR count). The Morgan fingerprint density at radius 3 is 2.06 bits per heavy atom. The van der Waals surface area contributed by atoms with Gasteiger partial charge in [0.25, 0.3) is 0 Å². The van der Waals surface area contributed by atoms with Crippen LogP contribution in [0.1, 0.15) is 39.2 Å². The molecule has 18 heavy (non-hydrogen) atoms. The van der Waals surface area contributed by atoms with E-state index in [2.05, 4.69) is 38.8 Å². The van der Waals surface area contributed by atoms with Gasteiger partial charge in [-0.15, -0.1) is 0 Å². The molecule has 1 heterocycles. The molecule has 0 aliphatic carbocycles. The summed E-state index contributed by atoms with van der Waals surface area (Å²) in [7, 11) is -2.27. The summed E-state index contributed by atoms with van der Waals surface area (Å²) in [6, 6.07) is 8.12. The molecule has 1 aromatic rings. The first-order valence-corrected chi connectivity index (χ1v) is 8.23. The lowest BCUT2D eigenvalue weighted by Gasteiger charge is -2.23. The summed E-state index contributed by atoms with van der Waals surface area (Å²) in [5.74, 6) is 3.97. The van der Waals surface area contributed by atoms with Crippen LogP contribution in [0.3, 0.4) is 0 Å². The lowest BCUT2D eigenvalue weighted by molar-refractivity contribution is 0.532. The van der Waals surface area contributed by atoms with Gasteiger partial charge in [-0.1, -0.05) is 32.9 Å². The van der Waals surface area contributed by atoms with E-state index < -0.39 is 9.71 Å². The molecule has 1 saturated heterocycles. The van der Waals surface area contributed by atoms with E-state index in [4.69, 9.17) is 0 Å². The molecule has 3 heteroatoms. The van der Waals surface area contributed by atoms with Crippen molar-refractivity contribution in [2.24, 2.45) is 0 Å². The van der Waals surface area contributed by atoms with Crippen molar-refractivity contribution in [3.05, 3.63) is 29.8 Å². The van der Waals surface area contributed by atoms with Gasteiger partial charge in [0.2, 0.25) is 0 Å². The molecular weight excluding hydrogens is 242 g/mol. The quantitative estimate of drug-likeness (QED) is 0.753. The molecule has 100 valence electrons. The topological polar surface area (TPSA) is 20.3 Å². The fraction of sp³-hybridized carbons (Fsp3) is 0.533. The van der Waals surface area contributed by atoms with Crippen LogP contribution >= 0.6 is 0 Å². The highest BCUT2D eigenvalue weighted by Gasteiger charge is 2.22. The lowest BCUT2D eigenvalue weighted by atomic mass is 9.87. The van der Waals surface area contributed by atoms with E-state index in [9.17, 15) is 4.21 Å². The number of rotatable bonds is 2. The standard InChI is InChI=1S/C15H23NOS/c1-15(2,3)13-7-9-14(10-8-13)18(4,17)16-11-5-6-12-16/h7-10H,4-6,11-12H2,1-3H3. The van der Waals surface area contributed by atoms with Crippen LogP contribution in [0, 0.1) is 0 Å². The van der Waals surface area contributed by atoms with Crippen molar-refractivity contribution >= 4 is 15.6 Å². The Morgan fingerprint density at radius 1 is 1.11 bits per heavy atom. The van der Waals surface area contributed by atoms with Gasteiger partial charge in [-0.25, -0.2) is 8.51 Å². The molecule has 1 atom stereocenters. The Labute approximate surface area is 111 Å². The fourth-order valence-corrected chi connectivity index (χ4v) is 4.01. The van der Waals surface area contributed by atoms with E-state index in [1.807, 2.05) is 16.4 Å². The van der Waals surface area contributed by atoms with E-state index in [0.717, 1.165) is 30.8 Å². The summed E-state index contributed by atoms with van der Waals surface area (Å²) in [5, 5.41) is 0. The van der Waals surface area contributed by atoms with Gasteiger partial charge in [0.15, 0.2) is 0 Å². The first-order chi connectivity index (χ1) is 8.32. The highest BCUT2D eigenvalue weighted by atomic mass is 32.2. The monoisotopic (exact) mass is 265 g/mol. The minimum Gasteiger partial charge on any atom is -0.248 e. The zero-order valence-electron chi connectivity index (χ0n) is 11.6. The van der Waals surface area contributed by atoms with Gasteiger partial charge in [0, 0.05) is 18.0 Å². The summed E-state index contributed by atoms with van der Waals surface area (Å²) in [4.78, 5) is 0.859. The molecule has 1 aromatic carbocycles. The Kier molecular flexibility index (Phi) is 3.56. The molecule has 1 aliphatic heterocycles. The minimum absolute atomic E-state index is 0.133. The lowest BCUT2D eigenvalue weighted by Crippen LogP contribution is -2.27. The highest BCUT2D eigenvalue weighted by molar-refractivity contribution is 7.98. The van der Waals surface area contributed by atoms with Gasteiger partial charge in [-0.3, -0.25) is 0 Å². The molecule has 0 saturated carbocycles. The Balaban J connectivity index is 2.29. The van der Waals surface area contributed by atoms with Crippen molar-refractivity contribution in [2.75, 3.05) is 13.1 Å². The minimum atomic E-state index is -2.27. The van der Waals surface area contributed by atoms with Crippen molar-refractivity contribution < 1.29 is 4.21 Å². The zero-order valence-corrected chi connectivity index (χ0v) is 12.4. The molecule has 1 fully saturated rings. The largest absolute Gasteiger partial charge is 0.248 e. The maximum Gasteiger partial charge on any atom is 0.0558 e. The summed E-state index contributed by atoms with van der Waals surface area (Å²) in [6.45, 7) is 8.37. The maximum absolute atomic E-state index is 12.8. The normalized spacial score (nSPS) is 20.8. The summed E-state index contributed by atoms with van der Waals surface area (Å²) >= 11 is 0. The summed E-state index contributed by atoms with van der Waals surface area (Å²) in [6.07, 6.45) is 2.26. The average molecular weight is 265 g/mol. The number of hydrogen-bond acceptors (Lipinski definition) is 1. The van der Waals surface area contributed by atoms with Gasteiger partial charge in [0.05, 0.1) is 9.71 Å². The van der Waals surface area contributed by atoms with Crippen molar-refractivity contribution in [1.82, 2.24) is 4.31 Å². The number of nitrogens with zero attached hydrogens (tertiary/aromatic N) is 1. The molecule has 0 N–H and O–H groups in total. The molecule has 0 radical (unpaired) electrons. The second kappa shape index (κ2) is 4.71. The van der Waals surface area contributed by atoms with Crippen molar-refractivity contribution in [1.29, 1.82) is 0 Å². The molecule has 0 bridgehead atoms. The van der Waals surface area contributed by atoms with E-state index in [0.29, 0.717) is 0 Å². The van der Waals surface area contributed by atoms with Gasteiger partial charge in [-0.05, 0) is 41.8 Å². The first-order valence-electron chi connectivity index (χ1n) is 6.55. The van der Waals surface area contributed by atoms with Gasteiger partial charge >= 0.3 is 0 Å². The smallest absolute Gasteiger partial charge is 0.0558 e. The SMILES string of the molecule is C=S(=O)(c1ccc(C(C)(C)C)cc1)N1CCCC1. The molecule has 0 amide bonds. The average Bonchev–Trinajstić information content (AvgIpc) is 2.82. The molecular formula is C15H23NOS. The third-order valence-electron chi connectivity index (χ3n) is 3.57. The molecule has 2 nitrogen and oxygen atoms in total. The van der Waals surface area contributed by atoms with Crippen LogP contribution in [0.2, 0.25) is 0 Å². The Morgan fingerprint density at radius 2 is 1.61 bits per heavy atom. The zero-order chi connectivity index (χ0) is 13.4. The Hall–Kier alpha value is -0.800. The van der Waals surface area contributed by atoms with Crippen LogP contribution in [0.15, 0.2) is 29.2 Å². The van der Waals surface area contributed by atoms with Crippen LogP contribution in [-0.4, -0.2) is 27.5 Å². The summed E-state index contributed by atoms with van der Waals surface area (Å²) in [5.41, 5.74) is 1.40. The van der Waals surface area contributed by atoms with E-state index in [1.54, 1.807) is 0 Å². The van der Waals surface area contributed by atoms with E-state index in [1.165, 1.54) is 5.56 Å². The fourth-order valence-electron chi connectivity index (χ4n) is 2.30. The summed E-state index contributed by atoms with van der Waals surface area (Å²) < 4.78 is 14.8. The third-order valence-corrected chi connectivity index (χ3v) is 5.78. The number of benzene rings is 1. The van der Waals surface area contributed by atoms with Gasteiger partial charge in [-0.2, -0.15) is 0 Å². The van der Waals surface area contributed by atoms with Crippen molar-refractivity contribution in [3.8, 4) is 0 Å². The van der Waals surface area contributed by atoms with Crippen LogP contribution in [0.25, 0.3) is 0 Å². The maximum atomic E-state index is 12.8. The van der Waals surface area contributed by atoms with Crippen molar-refractivity contribution in [2.45, 2.75) is 43.9 Å². The molecule has 0 aromatic heterocycles. The third kappa shape index (κ3) is 2.62. The van der Waals surface area contributed by atoms with E-state index in [-0.39, 0.29) is 5.41 Å². The van der Waals surface area contributed by atoms with Crippen LogP contribution in [-0.2, 0) is 15.1 Å². The van der Waals surface area contributed by atoms with Crippen LogP contribution in [0.4, 0.5) is 0 Å². The van der Waals surface area contributed by atoms with Gasteiger partial charge in [0.1, 0.15) is 0 Å². The highest BCUT2D eigenvalue weighted by Crippen LogP contribution is 2.25. The number of hydrogen-bond donors (Lipinski definition) is 0. The second-order valence-corrected chi connectivity index (χ2v) is 8.32. The molecule has 0 spiro atoms. The second-order valence-electron chi connectivity index (χ2n) is 6.05. The van der Waals surface area contributed by atoms with E-state index >= 15 is 0 Å². The predicted molar refractivity (Wildman–Crippen MR) is 79.5 cm³/mol. The predicted octanol–water partition coefficient (Wildman–Crippen LogP) is 3.07. The van der Waals surface area contributed by atoms with Crippen molar-refractivity contribution in [3.63, 3.8) is 0 Å². The Bertz CT molecular complexity index is 502. The first kappa shape index (κ1) is 13.6. The molecule has 1 unspecified atom stereocenters. The van der Waals surface area contributed by atoms with Gasteiger partial charge < -0.3 is 0 Å². The van der Waals surface area contributed by atoms with Crippen LogP contribution < -0.4 is 0 Å². The van der Waals surface area contributed by atoms with Crippen LogP contribution in [0.5, 0.6) is 0 Å². The molecule has 1 aliphatic rings.